The molecule has 0 fully saturated rings. The van der Waals surface area contributed by atoms with E-state index < -0.39 is 23.7 Å². The largest absolute Gasteiger partial charge is 0.489 e. The number of carboxylic acids is 1. The molecule has 1 unspecified atom stereocenters. The van der Waals surface area contributed by atoms with Crippen molar-refractivity contribution in [1.82, 2.24) is 5.32 Å². The van der Waals surface area contributed by atoms with Gasteiger partial charge in [0.2, 0.25) is 0 Å². The number of amides is 1. The number of hydrogen-bond acceptors (Lipinski definition) is 5. The minimum Gasteiger partial charge on any atom is -0.489 e. The van der Waals surface area contributed by atoms with Crippen molar-refractivity contribution in [3.05, 3.63) is 65.2 Å². The Balaban J connectivity index is 1.86. The van der Waals surface area contributed by atoms with E-state index in [1.165, 1.54) is 12.1 Å². The van der Waals surface area contributed by atoms with Crippen LogP contribution in [0.1, 0.15) is 42.3 Å². The summed E-state index contributed by atoms with van der Waals surface area (Å²) < 4.78 is 10.9. The van der Waals surface area contributed by atoms with E-state index in [0.29, 0.717) is 18.8 Å². The number of alkyl carbamates (subject to hydrolysis) is 1. The number of hydrogen-bond donors (Lipinski definition) is 3. The van der Waals surface area contributed by atoms with Crippen LogP contribution in [0, 0.1) is 0 Å². The van der Waals surface area contributed by atoms with Crippen LogP contribution in [0.4, 0.5) is 4.79 Å². The monoisotopic (exact) mass is 401 g/mol. The summed E-state index contributed by atoms with van der Waals surface area (Å²) in [6.45, 7) is 5.45. The molecule has 0 spiro atoms. The molecule has 2 aromatic carbocycles. The Hall–Kier alpha value is -3.06. The lowest BCUT2D eigenvalue weighted by molar-refractivity contribution is 0.0482. The molecule has 0 heterocycles. The van der Waals surface area contributed by atoms with E-state index in [-0.39, 0.29) is 12.2 Å². The van der Waals surface area contributed by atoms with Gasteiger partial charge in [-0.15, -0.1) is 0 Å². The highest BCUT2D eigenvalue weighted by Gasteiger charge is 2.19. The molecule has 0 radical (unpaired) electrons. The summed E-state index contributed by atoms with van der Waals surface area (Å²) in [5, 5.41) is 21.1. The number of rotatable bonds is 8. The fraction of sp³-hybridized carbons (Fsp3) is 0.364. The van der Waals surface area contributed by atoms with E-state index in [0.717, 1.165) is 11.1 Å². The number of benzene rings is 2. The first-order valence-corrected chi connectivity index (χ1v) is 9.30. The maximum absolute atomic E-state index is 11.9. The highest BCUT2D eigenvalue weighted by Crippen LogP contribution is 2.16. The zero-order valence-electron chi connectivity index (χ0n) is 16.8. The average Bonchev–Trinajstić information content (AvgIpc) is 2.65. The van der Waals surface area contributed by atoms with Gasteiger partial charge in [-0.3, -0.25) is 0 Å². The summed E-state index contributed by atoms with van der Waals surface area (Å²) >= 11 is 0. The molecule has 0 aromatic heterocycles. The Morgan fingerprint density at radius 3 is 2.10 bits per heavy atom. The van der Waals surface area contributed by atoms with Gasteiger partial charge >= 0.3 is 12.1 Å². The van der Waals surface area contributed by atoms with Crippen molar-refractivity contribution in [2.45, 2.75) is 45.4 Å². The van der Waals surface area contributed by atoms with Gasteiger partial charge in [-0.2, -0.15) is 0 Å². The van der Waals surface area contributed by atoms with Crippen molar-refractivity contribution in [1.29, 1.82) is 0 Å². The second-order valence-corrected chi connectivity index (χ2v) is 7.66. The highest BCUT2D eigenvalue weighted by molar-refractivity contribution is 5.87. The molecule has 0 bridgehead atoms. The molecule has 3 N–H and O–H groups in total. The quantitative estimate of drug-likeness (QED) is 0.626. The number of carboxylic acid groups (broad SMARTS) is 1. The minimum atomic E-state index is -0.963. The van der Waals surface area contributed by atoms with Crippen LogP contribution >= 0.6 is 0 Å². The summed E-state index contributed by atoms with van der Waals surface area (Å²) in [6.07, 6.45) is -0.113. The maximum atomic E-state index is 11.9. The van der Waals surface area contributed by atoms with Crippen LogP contribution in [0.2, 0.25) is 0 Å². The first-order chi connectivity index (χ1) is 13.7. The molecule has 2 rings (SSSR count). The van der Waals surface area contributed by atoms with Crippen molar-refractivity contribution in [3.8, 4) is 5.75 Å². The first-order valence-electron chi connectivity index (χ1n) is 9.30. The Morgan fingerprint density at radius 1 is 1.00 bits per heavy atom. The van der Waals surface area contributed by atoms with E-state index in [9.17, 15) is 14.7 Å². The number of nitrogens with one attached hydrogen (secondary N) is 1. The molecular formula is C22H27NO6. The molecule has 0 aliphatic rings. The highest BCUT2D eigenvalue weighted by atomic mass is 16.6. The molecule has 29 heavy (non-hydrogen) atoms. The topological polar surface area (TPSA) is 105 Å². The molecule has 0 aliphatic heterocycles. The Bertz CT molecular complexity index is 809. The summed E-state index contributed by atoms with van der Waals surface area (Å²) in [6, 6.07) is 13.4. The smallest absolute Gasteiger partial charge is 0.407 e. The van der Waals surface area contributed by atoms with Gasteiger partial charge < -0.3 is 25.0 Å². The number of carbonyl (C=O) groups is 2. The number of ether oxygens (including phenoxy) is 2. The summed E-state index contributed by atoms with van der Waals surface area (Å²) in [4.78, 5) is 22.7. The third-order valence-electron chi connectivity index (χ3n) is 3.95. The van der Waals surface area contributed by atoms with E-state index >= 15 is 0 Å². The van der Waals surface area contributed by atoms with Gasteiger partial charge in [0.1, 0.15) is 18.0 Å². The zero-order chi connectivity index (χ0) is 21.4. The van der Waals surface area contributed by atoms with Gasteiger partial charge in [0.05, 0.1) is 18.2 Å². The van der Waals surface area contributed by atoms with Crippen LogP contribution < -0.4 is 10.1 Å². The van der Waals surface area contributed by atoms with Crippen LogP contribution in [0.5, 0.6) is 5.75 Å². The lowest BCUT2D eigenvalue weighted by atomic mass is 10.1. The molecule has 7 nitrogen and oxygen atoms in total. The molecule has 156 valence electrons. The van der Waals surface area contributed by atoms with Crippen molar-refractivity contribution < 1.29 is 29.3 Å². The number of aliphatic hydroxyl groups is 1. The Morgan fingerprint density at radius 2 is 1.59 bits per heavy atom. The summed E-state index contributed by atoms with van der Waals surface area (Å²) in [5.74, 6) is -0.299. The first kappa shape index (κ1) is 22.2. The Kier molecular flexibility index (Phi) is 7.61. The van der Waals surface area contributed by atoms with Crippen molar-refractivity contribution in [3.63, 3.8) is 0 Å². The van der Waals surface area contributed by atoms with Gasteiger partial charge in [-0.25, -0.2) is 9.59 Å². The fourth-order valence-corrected chi connectivity index (χ4v) is 2.55. The second kappa shape index (κ2) is 9.93. The van der Waals surface area contributed by atoms with Crippen LogP contribution in [0.3, 0.4) is 0 Å². The molecular weight excluding hydrogens is 374 g/mol. The molecule has 0 saturated carbocycles. The van der Waals surface area contributed by atoms with E-state index in [1.54, 1.807) is 32.9 Å². The lowest BCUT2D eigenvalue weighted by Crippen LogP contribution is -2.42. The van der Waals surface area contributed by atoms with Crippen molar-refractivity contribution >= 4 is 12.1 Å². The van der Waals surface area contributed by atoms with Gasteiger partial charge in [0, 0.05) is 0 Å². The van der Waals surface area contributed by atoms with Crippen LogP contribution in [0.25, 0.3) is 0 Å². The lowest BCUT2D eigenvalue weighted by Gasteiger charge is -2.22. The van der Waals surface area contributed by atoms with E-state index in [2.05, 4.69) is 5.32 Å². The maximum Gasteiger partial charge on any atom is 0.407 e. The van der Waals surface area contributed by atoms with Crippen molar-refractivity contribution in [2.24, 2.45) is 0 Å². The number of aliphatic hydroxyl groups excluding tert-OH is 1. The second-order valence-electron chi connectivity index (χ2n) is 7.66. The summed E-state index contributed by atoms with van der Waals surface area (Å²) in [7, 11) is 0. The van der Waals surface area contributed by atoms with Gasteiger partial charge in [-0.05, 0) is 62.6 Å². The Labute approximate surface area is 170 Å². The normalized spacial score (nSPS) is 12.1. The summed E-state index contributed by atoms with van der Waals surface area (Å²) in [5.41, 5.74) is 1.42. The number of aromatic carboxylic acids is 1. The molecule has 0 saturated heterocycles. The molecule has 7 heteroatoms. The molecule has 0 aliphatic carbocycles. The van der Waals surface area contributed by atoms with Gasteiger partial charge in [0.25, 0.3) is 0 Å². The van der Waals surface area contributed by atoms with E-state index in [4.69, 9.17) is 14.6 Å². The average molecular weight is 401 g/mol. The third-order valence-corrected chi connectivity index (χ3v) is 3.95. The number of carbonyl (C=O) groups excluding carboxylic acids is 1. The fourth-order valence-electron chi connectivity index (χ4n) is 2.55. The molecule has 1 amide bonds. The van der Waals surface area contributed by atoms with Crippen LogP contribution in [-0.2, 0) is 17.8 Å². The van der Waals surface area contributed by atoms with Crippen molar-refractivity contribution in [2.75, 3.05) is 6.61 Å². The van der Waals surface area contributed by atoms with Crippen LogP contribution in [0.15, 0.2) is 48.5 Å². The third kappa shape index (κ3) is 7.83. The predicted octanol–water partition coefficient (Wildman–Crippen LogP) is 3.39. The standard InChI is InChI=1S/C22H27NO6/c1-22(2,3)29-21(27)23-18(13-24)12-15-6-10-19(11-7-15)28-14-16-4-8-17(9-5-16)20(25)26/h4-11,18,24H,12-14H2,1-3H3,(H,23,27)(H,25,26). The SMILES string of the molecule is CC(C)(C)OC(=O)NC(CO)Cc1ccc(OCc2ccc(C(=O)O)cc2)cc1. The predicted molar refractivity (Wildman–Crippen MR) is 108 cm³/mol. The molecule has 2 aromatic rings. The minimum absolute atomic E-state index is 0.205. The van der Waals surface area contributed by atoms with E-state index in [1.807, 2.05) is 24.3 Å². The zero-order valence-corrected chi connectivity index (χ0v) is 16.8. The van der Waals surface area contributed by atoms with Gasteiger partial charge in [-0.1, -0.05) is 24.3 Å². The van der Waals surface area contributed by atoms with Crippen LogP contribution in [-0.4, -0.2) is 40.5 Å². The molecule has 1 atom stereocenters. The van der Waals surface area contributed by atoms with Gasteiger partial charge in [0.15, 0.2) is 0 Å².